The molecule has 0 aliphatic heterocycles. The number of non-ortho nitro benzene ring substituents is 1. The SMILES string of the molecule is Cc1ccc([N+](=O)[O-])cc1Nc1c([N+](=O)[O-])c(=O)oc2ccccc12. The number of hydrogen-bond acceptors (Lipinski definition) is 7. The highest BCUT2D eigenvalue weighted by atomic mass is 16.6. The molecule has 25 heavy (non-hydrogen) atoms. The van der Waals surface area contributed by atoms with E-state index < -0.39 is 21.2 Å². The van der Waals surface area contributed by atoms with Gasteiger partial charge in [-0.25, -0.2) is 4.79 Å². The largest absolute Gasteiger partial charge is 0.418 e. The summed E-state index contributed by atoms with van der Waals surface area (Å²) in [6.07, 6.45) is 0. The summed E-state index contributed by atoms with van der Waals surface area (Å²) in [5, 5.41) is 25.4. The molecule has 0 aliphatic rings. The summed E-state index contributed by atoms with van der Waals surface area (Å²) in [6.45, 7) is 1.69. The molecule has 0 atom stereocenters. The predicted octanol–water partition coefficient (Wildman–Crippen LogP) is 3.66. The van der Waals surface area contributed by atoms with Gasteiger partial charge < -0.3 is 9.73 Å². The predicted molar refractivity (Wildman–Crippen MR) is 90.3 cm³/mol. The molecule has 0 amide bonds. The number of para-hydroxylation sites is 1. The van der Waals surface area contributed by atoms with Crippen LogP contribution in [0, 0.1) is 27.2 Å². The second kappa shape index (κ2) is 6.04. The van der Waals surface area contributed by atoms with Gasteiger partial charge in [0.15, 0.2) is 0 Å². The Labute approximate surface area is 139 Å². The molecule has 126 valence electrons. The van der Waals surface area contributed by atoms with Crippen molar-refractivity contribution < 1.29 is 14.3 Å². The van der Waals surface area contributed by atoms with Gasteiger partial charge in [0.05, 0.1) is 9.85 Å². The molecule has 0 radical (unpaired) electrons. The lowest BCUT2D eigenvalue weighted by atomic mass is 10.1. The van der Waals surface area contributed by atoms with Gasteiger partial charge in [-0.1, -0.05) is 18.2 Å². The fourth-order valence-corrected chi connectivity index (χ4v) is 2.43. The molecule has 0 aliphatic carbocycles. The van der Waals surface area contributed by atoms with Crippen molar-refractivity contribution in [2.45, 2.75) is 6.92 Å². The molecule has 9 nitrogen and oxygen atoms in total. The van der Waals surface area contributed by atoms with E-state index in [1.165, 1.54) is 24.3 Å². The first-order valence-electron chi connectivity index (χ1n) is 7.11. The molecule has 0 saturated heterocycles. The van der Waals surface area contributed by atoms with Crippen LogP contribution in [-0.2, 0) is 0 Å². The number of nitro groups is 2. The van der Waals surface area contributed by atoms with E-state index in [0.717, 1.165) is 0 Å². The molecular formula is C16H11N3O6. The molecule has 0 spiro atoms. The van der Waals surface area contributed by atoms with Gasteiger partial charge in [-0.3, -0.25) is 20.2 Å². The summed E-state index contributed by atoms with van der Waals surface area (Å²) in [5.74, 6) is 0. The van der Waals surface area contributed by atoms with E-state index in [4.69, 9.17) is 4.42 Å². The standard InChI is InChI=1S/C16H11N3O6/c1-9-6-7-10(18(21)22)8-12(9)17-14-11-4-2-3-5-13(11)25-16(20)15(14)19(23)24/h2-8,17H,1H3. The van der Waals surface area contributed by atoms with Gasteiger partial charge >= 0.3 is 11.3 Å². The minimum atomic E-state index is -1.10. The second-order valence-electron chi connectivity index (χ2n) is 5.25. The highest BCUT2D eigenvalue weighted by Crippen LogP contribution is 2.34. The minimum Gasteiger partial charge on any atom is -0.418 e. The Hall–Kier alpha value is -3.75. The molecule has 1 N–H and O–H groups in total. The highest BCUT2D eigenvalue weighted by molar-refractivity contribution is 5.96. The van der Waals surface area contributed by atoms with E-state index in [9.17, 15) is 25.0 Å². The van der Waals surface area contributed by atoms with Crippen molar-refractivity contribution >= 4 is 33.7 Å². The number of rotatable bonds is 4. The third-order valence-corrected chi connectivity index (χ3v) is 3.66. The number of aryl methyl sites for hydroxylation is 1. The first-order chi connectivity index (χ1) is 11.9. The van der Waals surface area contributed by atoms with Crippen LogP contribution in [-0.4, -0.2) is 9.85 Å². The maximum atomic E-state index is 12.0. The average Bonchev–Trinajstić information content (AvgIpc) is 2.56. The molecule has 1 heterocycles. The van der Waals surface area contributed by atoms with E-state index in [1.54, 1.807) is 25.1 Å². The monoisotopic (exact) mass is 341 g/mol. The van der Waals surface area contributed by atoms with Crippen LogP contribution in [0.1, 0.15) is 5.56 Å². The number of benzene rings is 2. The zero-order valence-corrected chi connectivity index (χ0v) is 12.9. The topological polar surface area (TPSA) is 129 Å². The van der Waals surface area contributed by atoms with E-state index in [1.807, 2.05) is 0 Å². The number of fused-ring (bicyclic) bond motifs is 1. The van der Waals surface area contributed by atoms with Crippen LogP contribution in [0.2, 0.25) is 0 Å². The van der Waals surface area contributed by atoms with Crippen LogP contribution in [0.15, 0.2) is 51.7 Å². The first kappa shape index (κ1) is 16.1. The van der Waals surface area contributed by atoms with Gasteiger partial charge in [0.25, 0.3) is 5.69 Å². The molecule has 0 fully saturated rings. The molecular weight excluding hydrogens is 330 g/mol. The number of nitro benzene ring substituents is 1. The highest BCUT2D eigenvalue weighted by Gasteiger charge is 2.25. The third kappa shape index (κ3) is 2.90. The zero-order valence-electron chi connectivity index (χ0n) is 12.9. The molecule has 2 aromatic carbocycles. The van der Waals surface area contributed by atoms with Crippen molar-refractivity contribution in [2.24, 2.45) is 0 Å². The van der Waals surface area contributed by atoms with Gasteiger partial charge in [-0.05, 0) is 24.6 Å². The molecule has 3 aromatic rings. The van der Waals surface area contributed by atoms with E-state index in [0.29, 0.717) is 10.9 Å². The maximum Gasteiger partial charge on any atom is 0.417 e. The third-order valence-electron chi connectivity index (χ3n) is 3.66. The molecule has 0 unspecified atom stereocenters. The normalized spacial score (nSPS) is 10.6. The average molecular weight is 341 g/mol. The van der Waals surface area contributed by atoms with Crippen molar-refractivity contribution in [2.75, 3.05) is 5.32 Å². The van der Waals surface area contributed by atoms with Gasteiger partial charge in [-0.15, -0.1) is 0 Å². The Morgan fingerprint density at radius 2 is 1.76 bits per heavy atom. The molecule has 1 aromatic heterocycles. The van der Waals surface area contributed by atoms with Crippen LogP contribution in [0.4, 0.5) is 22.7 Å². The fourth-order valence-electron chi connectivity index (χ4n) is 2.43. The van der Waals surface area contributed by atoms with Gasteiger partial charge in [0.1, 0.15) is 11.3 Å². The van der Waals surface area contributed by atoms with E-state index in [-0.39, 0.29) is 22.6 Å². The quantitative estimate of drug-likeness (QED) is 0.435. The van der Waals surface area contributed by atoms with Gasteiger partial charge in [0, 0.05) is 23.2 Å². The van der Waals surface area contributed by atoms with Crippen LogP contribution in [0.3, 0.4) is 0 Å². The van der Waals surface area contributed by atoms with E-state index >= 15 is 0 Å². The summed E-state index contributed by atoms with van der Waals surface area (Å²) in [5.41, 5.74) is -1.03. The Morgan fingerprint density at radius 3 is 2.44 bits per heavy atom. The Bertz CT molecular complexity index is 1070. The Morgan fingerprint density at radius 1 is 1.04 bits per heavy atom. The summed E-state index contributed by atoms with van der Waals surface area (Å²) >= 11 is 0. The summed E-state index contributed by atoms with van der Waals surface area (Å²) < 4.78 is 4.98. The number of anilines is 2. The van der Waals surface area contributed by atoms with Crippen LogP contribution in [0.5, 0.6) is 0 Å². The molecule has 3 rings (SSSR count). The fraction of sp³-hybridized carbons (Fsp3) is 0.0625. The van der Waals surface area contributed by atoms with Crippen molar-refractivity contribution in [1.82, 2.24) is 0 Å². The lowest BCUT2D eigenvalue weighted by Crippen LogP contribution is -2.11. The minimum absolute atomic E-state index is 0.0690. The number of nitrogens with one attached hydrogen (secondary N) is 1. The second-order valence-corrected chi connectivity index (χ2v) is 5.25. The Kier molecular flexibility index (Phi) is 3.89. The summed E-state index contributed by atoms with van der Waals surface area (Å²) in [4.78, 5) is 32.9. The number of nitrogens with zero attached hydrogens (tertiary/aromatic N) is 2. The number of hydrogen-bond donors (Lipinski definition) is 1. The van der Waals surface area contributed by atoms with E-state index in [2.05, 4.69) is 5.32 Å². The van der Waals surface area contributed by atoms with Gasteiger partial charge in [-0.2, -0.15) is 0 Å². The van der Waals surface area contributed by atoms with Crippen molar-refractivity contribution in [3.05, 3.63) is 78.7 Å². The molecule has 9 heteroatoms. The van der Waals surface area contributed by atoms with Crippen molar-refractivity contribution in [3.8, 4) is 0 Å². The first-order valence-corrected chi connectivity index (χ1v) is 7.11. The molecule has 0 saturated carbocycles. The maximum absolute atomic E-state index is 12.0. The van der Waals surface area contributed by atoms with Crippen LogP contribution >= 0.6 is 0 Å². The lowest BCUT2D eigenvalue weighted by molar-refractivity contribution is -0.386. The van der Waals surface area contributed by atoms with Crippen molar-refractivity contribution in [3.63, 3.8) is 0 Å². The summed E-state index contributed by atoms with van der Waals surface area (Å²) in [6, 6.07) is 10.4. The van der Waals surface area contributed by atoms with Gasteiger partial charge in [0.2, 0.25) is 0 Å². The lowest BCUT2D eigenvalue weighted by Gasteiger charge is -2.11. The van der Waals surface area contributed by atoms with Crippen molar-refractivity contribution in [1.29, 1.82) is 0 Å². The summed E-state index contributed by atoms with van der Waals surface area (Å²) in [7, 11) is 0. The van der Waals surface area contributed by atoms with Crippen LogP contribution < -0.4 is 10.9 Å². The molecule has 0 bridgehead atoms. The van der Waals surface area contributed by atoms with Crippen LogP contribution in [0.25, 0.3) is 11.0 Å². The zero-order chi connectivity index (χ0) is 18.1. The Balaban J connectivity index is 2.27. The smallest absolute Gasteiger partial charge is 0.417 e.